The lowest BCUT2D eigenvalue weighted by Crippen LogP contribution is -2.22. The van der Waals surface area contributed by atoms with E-state index in [4.69, 9.17) is 0 Å². The summed E-state index contributed by atoms with van der Waals surface area (Å²) in [6.45, 7) is 5.04. The quantitative estimate of drug-likeness (QED) is 0.554. The van der Waals surface area contributed by atoms with Crippen molar-refractivity contribution >= 4 is 0 Å². The Labute approximate surface area is 65.2 Å². The molecule has 2 aliphatic rings. The second-order valence-corrected chi connectivity index (χ2v) is 3.78. The summed E-state index contributed by atoms with van der Waals surface area (Å²) >= 11 is 0. The Morgan fingerprint density at radius 1 is 1.45 bits per heavy atom. The SMILES string of the molecule is C=C(F)C1(C)CC2(CC2)N=N1. The molecule has 11 heavy (non-hydrogen) atoms. The minimum Gasteiger partial charge on any atom is -0.210 e. The van der Waals surface area contributed by atoms with E-state index < -0.39 is 5.54 Å². The van der Waals surface area contributed by atoms with E-state index in [1.807, 2.05) is 0 Å². The molecule has 0 N–H and O–H groups in total. The third-order valence-corrected chi connectivity index (χ3v) is 2.57. The molecule has 0 aromatic rings. The van der Waals surface area contributed by atoms with Crippen molar-refractivity contribution in [2.24, 2.45) is 10.2 Å². The van der Waals surface area contributed by atoms with E-state index in [1.54, 1.807) is 6.92 Å². The molecule has 0 amide bonds. The Morgan fingerprint density at radius 2 is 2.09 bits per heavy atom. The van der Waals surface area contributed by atoms with Gasteiger partial charge in [-0.05, 0) is 19.8 Å². The van der Waals surface area contributed by atoms with Crippen LogP contribution in [0.15, 0.2) is 22.6 Å². The van der Waals surface area contributed by atoms with Crippen LogP contribution in [0.25, 0.3) is 0 Å². The highest BCUT2D eigenvalue weighted by Gasteiger charge is 2.54. The van der Waals surface area contributed by atoms with Crippen molar-refractivity contribution in [3.8, 4) is 0 Å². The van der Waals surface area contributed by atoms with Crippen LogP contribution in [-0.2, 0) is 0 Å². The molecule has 0 bridgehead atoms. The summed E-state index contributed by atoms with van der Waals surface area (Å²) in [5.74, 6) is -0.356. The van der Waals surface area contributed by atoms with Crippen molar-refractivity contribution in [2.45, 2.75) is 37.3 Å². The highest BCUT2D eigenvalue weighted by Crippen LogP contribution is 2.53. The lowest BCUT2D eigenvalue weighted by atomic mass is 9.94. The Kier molecular flexibility index (Phi) is 1.08. The van der Waals surface area contributed by atoms with E-state index in [-0.39, 0.29) is 11.4 Å². The fourth-order valence-electron chi connectivity index (χ4n) is 1.50. The number of hydrogen-bond acceptors (Lipinski definition) is 2. The van der Waals surface area contributed by atoms with Crippen LogP contribution in [0.2, 0.25) is 0 Å². The van der Waals surface area contributed by atoms with Crippen LogP contribution in [-0.4, -0.2) is 11.1 Å². The van der Waals surface area contributed by atoms with E-state index in [0.29, 0.717) is 0 Å². The molecule has 3 heteroatoms. The molecule has 1 fully saturated rings. The fourth-order valence-corrected chi connectivity index (χ4v) is 1.50. The van der Waals surface area contributed by atoms with Gasteiger partial charge in [-0.15, -0.1) is 0 Å². The molecular formula is C8H11FN2. The van der Waals surface area contributed by atoms with Crippen molar-refractivity contribution in [1.29, 1.82) is 0 Å². The minimum atomic E-state index is -0.712. The summed E-state index contributed by atoms with van der Waals surface area (Å²) in [6, 6.07) is 0. The van der Waals surface area contributed by atoms with Crippen molar-refractivity contribution in [1.82, 2.24) is 0 Å². The topological polar surface area (TPSA) is 24.7 Å². The summed E-state index contributed by atoms with van der Waals surface area (Å²) in [5, 5.41) is 8.01. The molecule has 0 saturated heterocycles. The summed E-state index contributed by atoms with van der Waals surface area (Å²) in [7, 11) is 0. The third-order valence-electron chi connectivity index (χ3n) is 2.57. The second-order valence-electron chi connectivity index (χ2n) is 3.78. The number of nitrogens with zero attached hydrogens (tertiary/aromatic N) is 2. The van der Waals surface area contributed by atoms with Crippen LogP contribution in [0.3, 0.4) is 0 Å². The zero-order valence-corrected chi connectivity index (χ0v) is 6.60. The highest BCUT2D eigenvalue weighted by atomic mass is 19.1. The molecule has 2 rings (SSSR count). The molecular weight excluding hydrogens is 143 g/mol. The number of azo groups is 1. The number of halogens is 1. The highest BCUT2D eigenvalue weighted by molar-refractivity contribution is 5.19. The molecule has 0 radical (unpaired) electrons. The molecule has 1 spiro atoms. The lowest BCUT2D eigenvalue weighted by molar-refractivity contribution is 0.415. The van der Waals surface area contributed by atoms with Gasteiger partial charge in [0.1, 0.15) is 11.4 Å². The van der Waals surface area contributed by atoms with E-state index in [1.165, 1.54) is 0 Å². The molecule has 1 aliphatic carbocycles. The smallest absolute Gasteiger partial charge is 0.132 e. The molecule has 0 aromatic carbocycles. The monoisotopic (exact) mass is 154 g/mol. The molecule has 1 heterocycles. The van der Waals surface area contributed by atoms with Crippen LogP contribution < -0.4 is 0 Å². The maximum atomic E-state index is 12.8. The fraction of sp³-hybridized carbons (Fsp3) is 0.750. The Balaban J connectivity index is 2.21. The molecule has 1 aliphatic heterocycles. The van der Waals surface area contributed by atoms with Gasteiger partial charge in [-0.1, -0.05) is 6.58 Å². The minimum absolute atomic E-state index is 0.0176. The number of hydrogen-bond donors (Lipinski definition) is 0. The lowest BCUT2D eigenvalue weighted by Gasteiger charge is -2.15. The Hall–Kier alpha value is -0.730. The van der Waals surface area contributed by atoms with Crippen molar-refractivity contribution < 1.29 is 4.39 Å². The van der Waals surface area contributed by atoms with E-state index in [9.17, 15) is 4.39 Å². The normalized spacial score (nSPS) is 38.0. The van der Waals surface area contributed by atoms with Crippen molar-refractivity contribution in [2.75, 3.05) is 0 Å². The first kappa shape index (κ1) is 6.95. The number of rotatable bonds is 1. The maximum absolute atomic E-state index is 12.8. The first-order valence-electron chi connectivity index (χ1n) is 3.85. The Bertz CT molecular complexity index is 242. The second kappa shape index (κ2) is 1.71. The first-order chi connectivity index (χ1) is 5.06. The third kappa shape index (κ3) is 0.905. The summed E-state index contributed by atoms with van der Waals surface area (Å²) in [6.07, 6.45) is 2.86. The van der Waals surface area contributed by atoms with Crippen LogP contribution in [0.5, 0.6) is 0 Å². The molecule has 1 atom stereocenters. The van der Waals surface area contributed by atoms with Gasteiger partial charge in [-0.2, -0.15) is 10.2 Å². The van der Waals surface area contributed by atoms with Gasteiger partial charge in [0.25, 0.3) is 0 Å². The predicted octanol–water partition coefficient (Wildman–Crippen LogP) is 2.62. The zero-order chi connectivity index (χ0) is 8.11. The summed E-state index contributed by atoms with van der Waals surface area (Å²) in [4.78, 5) is 0. The van der Waals surface area contributed by atoms with Crippen LogP contribution >= 0.6 is 0 Å². The van der Waals surface area contributed by atoms with Gasteiger partial charge in [0, 0.05) is 6.42 Å². The largest absolute Gasteiger partial charge is 0.210 e. The maximum Gasteiger partial charge on any atom is 0.132 e. The van der Waals surface area contributed by atoms with E-state index in [0.717, 1.165) is 19.3 Å². The van der Waals surface area contributed by atoms with E-state index in [2.05, 4.69) is 16.8 Å². The molecule has 0 aromatic heterocycles. The average Bonchev–Trinajstić information content (AvgIpc) is 2.55. The van der Waals surface area contributed by atoms with Gasteiger partial charge >= 0.3 is 0 Å². The zero-order valence-electron chi connectivity index (χ0n) is 6.60. The first-order valence-corrected chi connectivity index (χ1v) is 3.85. The predicted molar refractivity (Wildman–Crippen MR) is 40.1 cm³/mol. The van der Waals surface area contributed by atoms with Crippen LogP contribution in [0.4, 0.5) is 4.39 Å². The van der Waals surface area contributed by atoms with Crippen molar-refractivity contribution in [3.63, 3.8) is 0 Å². The van der Waals surface area contributed by atoms with Gasteiger partial charge in [-0.3, -0.25) is 0 Å². The van der Waals surface area contributed by atoms with Crippen molar-refractivity contribution in [3.05, 3.63) is 12.4 Å². The van der Waals surface area contributed by atoms with E-state index >= 15 is 0 Å². The molecule has 2 nitrogen and oxygen atoms in total. The Morgan fingerprint density at radius 3 is 2.36 bits per heavy atom. The molecule has 60 valence electrons. The summed E-state index contributed by atoms with van der Waals surface area (Å²) < 4.78 is 12.8. The molecule has 1 unspecified atom stereocenters. The van der Waals surface area contributed by atoms with Crippen LogP contribution in [0.1, 0.15) is 26.2 Å². The standard InChI is InChI=1S/C8H11FN2/c1-6(9)7(2)5-8(3-4-8)11-10-7/h1,3-5H2,2H3. The van der Waals surface area contributed by atoms with Gasteiger partial charge in [-0.25, -0.2) is 4.39 Å². The van der Waals surface area contributed by atoms with Gasteiger partial charge in [0.15, 0.2) is 0 Å². The average molecular weight is 154 g/mol. The van der Waals surface area contributed by atoms with Gasteiger partial charge in [0.2, 0.25) is 0 Å². The summed E-state index contributed by atoms with van der Waals surface area (Å²) in [5.41, 5.74) is -0.694. The van der Waals surface area contributed by atoms with Gasteiger partial charge < -0.3 is 0 Å². The van der Waals surface area contributed by atoms with Crippen LogP contribution in [0, 0.1) is 0 Å². The van der Waals surface area contributed by atoms with Gasteiger partial charge in [0.05, 0.1) is 5.54 Å². The molecule has 1 saturated carbocycles.